The molecule has 1 heterocycles. The van der Waals surface area contributed by atoms with E-state index in [0.717, 1.165) is 0 Å². The number of hydrogen-bond acceptors (Lipinski definition) is 2. The fourth-order valence-corrected chi connectivity index (χ4v) is 2.39. The zero-order chi connectivity index (χ0) is 13.3. The van der Waals surface area contributed by atoms with E-state index in [-0.39, 0.29) is 11.7 Å². The van der Waals surface area contributed by atoms with Crippen molar-refractivity contribution in [3.8, 4) is 0 Å². The van der Waals surface area contributed by atoms with Crippen molar-refractivity contribution in [2.45, 2.75) is 20.3 Å². The van der Waals surface area contributed by atoms with Gasteiger partial charge in [0.05, 0.1) is 0 Å². The summed E-state index contributed by atoms with van der Waals surface area (Å²) < 4.78 is 0. The molecule has 0 saturated carbocycles. The topological polar surface area (TPSA) is 37.4 Å². The quantitative estimate of drug-likeness (QED) is 0.783. The number of nitrogens with zero attached hydrogens (tertiary/aromatic N) is 1. The van der Waals surface area contributed by atoms with Crippen LogP contribution in [-0.4, -0.2) is 29.7 Å². The summed E-state index contributed by atoms with van der Waals surface area (Å²) in [6.07, 6.45) is 0.430. The number of Topliss-reactive ketones (excluding diaryl/α,β-unsaturated/α-hetero) is 1. The van der Waals surface area contributed by atoms with Crippen LogP contribution in [0.2, 0.25) is 5.02 Å². The van der Waals surface area contributed by atoms with Crippen molar-refractivity contribution < 1.29 is 9.59 Å². The van der Waals surface area contributed by atoms with E-state index in [1.54, 1.807) is 29.2 Å². The number of halogens is 1. The molecule has 1 aromatic carbocycles. The number of likely N-dealkylation sites (tertiary alicyclic amines) is 1. The maximum Gasteiger partial charge on any atom is 0.253 e. The molecule has 1 fully saturated rings. The van der Waals surface area contributed by atoms with Crippen molar-refractivity contribution in [1.82, 2.24) is 4.90 Å². The molecule has 1 aliphatic heterocycles. The normalized spacial score (nSPS) is 18.8. The Kier molecular flexibility index (Phi) is 3.44. The first-order chi connectivity index (χ1) is 8.40. The highest BCUT2D eigenvalue weighted by molar-refractivity contribution is 6.30. The Morgan fingerprint density at radius 1 is 1.39 bits per heavy atom. The maximum absolute atomic E-state index is 12.3. The van der Waals surface area contributed by atoms with Crippen LogP contribution in [-0.2, 0) is 4.79 Å². The summed E-state index contributed by atoms with van der Waals surface area (Å²) in [4.78, 5) is 25.7. The van der Waals surface area contributed by atoms with Crippen LogP contribution in [0, 0.1) is 5.41 Å². The Morgan fingerprint density at radius 2 is 2.11 bits per heavy atom. The third-order valence-electron chi connectivity index (χ3n) is 3.31. The van der Waals surface area contributed by atoms with Crippen molar-refractivity contribution in [3.63, 3.8) is 0 Å². The molecule has 4 heteroatoms. The van der Waals surface area contributed by atoms with E-state index in [1.807, 2.05) is 13.8 Å². The number of piperidine rings is 1. The molecule has 2 rings (SSSR count). The molecule has 18 heavy (non-hydrogen) atoms. The van der Waals surface area contributed by atoms with E-state index in [2.05, 4.69) is 0 Å². The third kappa shape index (κ3) is 2.56. The molecule has 0 atom stereocenters. The summed E-state index contributed by atoms with van der Waals surface area (Å²) in [6.45, 7) is 4.73. The summed E-state index contributed by atoms with van der Waals surface area (Å²) in [5.41, 5.74) is 0.125. The van der Waals surface area contributed by atoms with Gasteiger partial charge >= 0.3 is 0 Å². The second-order valence-corrected chi connectivity index (χ2v) is 5.73. The first-order valence-electron chi connectivity index (χ1n) is 5.98. The van der Waals surface area contributed by atoms with Crippen LogP contribution in [0.5, 0.6) is 0 Å². The van der Waals surface area contributed by atoms with E-state index < -0.39 is 5.41 Å². The molecule has 0 bridgehead atoms. The smallest absolute Gasteiger partial charge is 0.253 e. The standard InChI is InChI=1S/C14H16ClNO2/c1-14(2)9-16(7-6-12(14)17)13(18)10-4-3-5-11(15)8-10/h3-5,8H,6-7,9H2,1-2H3. The number of hydrogen-bond donors (Lipinski definition) is 0. The van der Waals surface area contributed by atoms with E-state index in [0.29, 0.717) is 30.1 Å². The van der Waals surface area contributed by atoms with Crippen LogP contribution >= 0.6 is 11.6 Å². The molecule has 0 aromatic heterocycles. The van der Waals surface area contributed by atoms with Crippen molar-refractivity contribution in [2.75, 3.05) is 13.1 Å². The van der Waals surface area contributed by atoms with Gasteiger partial charge in [-0.1, -0.05) is 31.5 Å². The number of rotatable bonds is 1. The van der Waals surface area contributed by atoms with Gasteiger partial charge in [-0.05, 0) is 18.2 Å². The molecule has 1 aliphatic rings. The molecule has 0 unspecified atom stereocenters. The van der Waals surface area contributed by atoms with Gasteiger partial charge in [0, 0.05) is 35.5 Å². The Labute approximate surface area is 112 Å². The van der Waals surface area contributed by atoms with Gasteiger partial charge in [-0.3, -0.25) is 9.59 Å². The molecule has 3 nitrogen and oxygen atoms in total. The minimum atomic E-state index is -0.452. The van der Waals surface area contributed by atoms with Crippen LogP contribution in [0.1, 0.15) is 30.6 Å². The fourth-order valence-electron chi connectivity index (χ4n) is 2.20. The first-order valence-corrected chi connectivity index (χ1v) is 6.36. The fraction of sp³-hybridized carbons (Fsp3) is 0.429. The van der Waals surface area contributed by atoms with Gasteiger partial charge < -0.3 is 4.90 Å². The summed E-state index contributed by atoms with van der Waals surface area (Å²) in [5, 5.41) is 0.549. The van der Waals surface area contributed by atoms with Crippen molar-refractivity contribution in [3.05, 3.63) is 34.9 Å². The second kappa shape index (κ2) is 4.73. The molecule has 0 spiro atoms. The average molecular weight is 266 g/mol. The lowest BCUT2D eigenvalue weighted by Gasteiger charge is -2.36. The lowest BCUT2D eigenvalue weighted by atomic mass is 9.82. The van der Waals surface area contributed by atoms with Crippen LogP contribution < -0.4 is 0 Å². The van der Waals surface area contributed by atoms with E-state index >= 15 is 0 Å². The van der Waals surface area contributed by atoms with Gasteiger partial charge in [0.25, 0.3) is 5.91 Å². The monoisotopic (exact) mass is 265 g/mol. The molecule has 0 radical (unpaired) electrons. The molecule has 0 N–H and O–H groups in total. The number of carbonyl (C=O) groups excluding carboxylic acids is 2. The van der Waals surface area contributed by atoms with Gasteiger partial charge in [-0.2, -0.15) is 0 Å². The molecular weight excluding hydrogens is 250 g/mol. The van der Waals surface area contributed by atoms with Crippen LogP contribution in [0.15, 0.2) is 24.3 Å². The largest absolute Gasteiger partial charge is 0.337 e. The molecule has 1 amide bonds. The summed E-state index contributed by atoms with van der Waals surface area (Å²) >= 11 is 5.88. The highest BCUT2D eigenvalue weighted by Gasteiger charge is 2.36. The lowest BCUT2D eigenvalue weighted by Crippen LogP contribution is -2.48. The Bertz CT molecular complexity index is 496. The predicted octanol–water partition coefficient (Wildman–Crippen LogP) is 2.78. The molecular formula is C14H16ClNO2. The van der Waals surface area contributed by atoms with Gasteiger partial charge in [-0.15, -0.1) is 0 Å². The highest BCUT2D eigenvalue weighted by Crippen LogP contribution is 2.26. The molecule has 0 aliphatic carbocycles. The van der Waals surface area contributed by atoms with Crippen LogP contribution in [0.3, 0.4) is 0 Å². The number of benzene rings is 1. The number of amides is 1. The highest BCUT2D eigenvalue weighted by atomic mass is 35.5. The van der Waals surface area contributed by atoms with Crippen LogP contribution in [0.4, 0.5) is 0 Å². The average Bonchev–Trinajstić information content (AvgIpc) is 2.31. The molecule has 96 valence electrons. The zero-order valence-electron chi connectivity index (χ0n) is 10.6. The van der Waals surface area contributed by atoms with E-state index in [4.69, 9.17) is 11.6 Å². The minimum absolute atomic E-state index is 0.0573. The third-order valence-corrected chi connectivity index (χ3v) is 3.54. The van der Waals surface area contributed by atoms with Crippen molar-refractivity contribution in [1.29, 1.82) is 0 Å². The van der Waals surface area contributed by atoms with Gasteiger partial charge in [0.1, 0.15) is 5.78 Å². The van der Waals surface area contributed by atoms with Crippen LogP contribution in [0.25, 0.3) is 0 Å². The number of ketones is 1. The van der Waals surface area contributed by atoms with Crippen molar-refractivity contribution in [2.24, 2.45) is 5.41 Å². The first kappa shape index (κ1) is 13.1. The minimum Gasteiger partial charge on any atom is -0.337 e. The molecule has 1 saturated heterocycles. The lowest BCUT2D eigenvalue weighted by molar-refractivity contribution is -0.130. The second-order valence-electron chi connectivity index (χ2n) is 5.29. The maximum atomic E-state index is 12.3. The molecule has 1 aromatic rings. The summed E-state index contributed by atoms with van der Waals surface area (Å²) in [6, 6.07) is 6.91. The van der Waals surface area contributed by atoms with E-state index in [1.165, 1.54) is 0 Å². The number of carbonyl (C=O) groups is 2. The van der Waals surface area contributed by atoms with Gasteiger partial charge in [-0.25, -0.2) is 0 Å². The Morgan fingerprint density at radius 3 is 2.72 bits per heavy atom. The summed E-state index contributed by atoms with van der Waals surface area (Å²) in [5.74, 6) is 0.163. The summed E-state index contributed by atoms with van der Waals surface area (Å²) in [7, 11) is 0. The van der Waals surface area contributed by atoms with Gasteiger partial charge in [0.15, 0.2) is 0 Å². The predicted molar refractivity (Wildman–Crippen MR) is 70.8 cm³/mol. The van der Waals surface area contributed by atoms with Crippen molar-refractivity contribution >= 4 is 23.3 Å². The van der Waals surface area contributed by atoms with E-state index in [9.17, 15) is 9.59 Å². The Balaban J connectivity index is 2.18. The SMILES string of the molecule is CC1(C)CN(C(=O)c2cccc(Cl)c2)CCC1=O. The Hall–Kier alpha value is -1.35. The zero-order valence-corrected chi connectivity index (χ0v) is 11.3. The van der Waals surface area contributed by atoms with Gasteiger partial charge in [0.2, 0.25) is 0 Å².